The minimum Gasteiger partial charge on any atom is -0.497 e. The Hall–Kier alpha value is -1.67. The van der Waals surface area contributed by atoms with E-state index in [1.54, 1.807) is 7.11 Å². The van der Waals surface area contributed by atoms with E-state index >= 15 is 0 Å². The second kappa shape index (κ2) is 5.14. The van der Waals surface area contributed by atoms with Crippen LogP contribution in [0.25, 0.3) is 0 Å². The van der Waals surface area contributed by atoms with Gasteiger partial charge in [0.15, 0.2) is 0 Å². The zero-order valence-electron chi connectivity index (χ0n) is 10.8. The molecule has 0 amide bonds. The van der Waals surface area contributed by atoms with Gasteiger partial charge in [0.1, 0.15) is 5.75 Å². The van der Waals surface area contributed by atoms with E-state index in [2.05, 4.69) is 29.6 Å². The van der Waals surface area contributed by atoms with E-state index in [1.165, 1.54) is 11.1 Å². The van der Waals surface area contributed by atoms with E-state index < -0.39 is 0 Å². The van der Waals surface area contributed by atoms with Crippen LogP contribution < -0.4 is 10.1 Å². The molecule has 0 radical (unpaired) electrons. The highest BCUT2D eigenvalue weighted by atomic mass is 35.5. The lowest BCUT2D eigenvalue weighted by atomic mass is 9.77. The number of hydrogen-bond acceptors (Lipinski definition) is 2. The summed E-state index contributed by atoms with van der Waals surface area (Å²) in [5.41, 5.74) is 3.85. The first-order chi connectivity index (χ1) is 9.28. The van der Waals surface area contributed by atoms with Crippen molar-refractivity contribution in [1.82, 2.24) is 0 Å². The quantitative estimate of drug-likeness (QED) is 0.905. The summed E-state index contributed by atoms with van der Waals surface area (Å²) in [6, 6.07) is 14.3. The van der Waals surface area contributed by atoms with Crippen molar-refractivity contribution in [3.63, 3.8) is 0 Å². The van der Waals surface area contributed by atoms with Crippen LogP contribution in [0.3, 0.4) is 0 Å². The molecular formula is C16H16ClNO. The fraction of sp³-hybridized carbons (Fsp3) is 0.250. The second-order valence-corrected chi connectivity index (χ2v) is 5.23. The molecule has 0 spiro atoms. The van der Waals surface area contributed by atoms with Gasteiger partial charge in [0.2, 0.25) is 0 Å². The van der Waals surface area contributed by atoms with Crippen molar-refractivity contribution in [3.05, 3.63) is 58.6 Å². The molecule has 3 heteroatoms. The molecule has 1 unspecified atom stereocenters. The molecule has 19 heavy (non-hydrogen) atoms. The summed E-state index contributed by atoms with van der Waals surface area (Å²) in [5, 5.41) is 4.15. The summed E-state index contributed by atoms with van der Waals surface area (Å²) >= 11 is 6.18. The van der Waals surface area contributed by atoms with Gasteiger partial charge in [0, 0.05) is 18.5 Å². The molecule has 0 saturated carbocycles. The van der Waals surface area contributed by atoms with E-state index in [1.807, 2.05) is 18.2 Å². The third-order valence-corrected chi connectivity index (χ3v) is 4.00. The van der Waals surface area contributed by atoms with Gasteiger partial charge in [-0.1, -0.05) is 35.9 Å². The van der Waals surface area contributed by atoms with Crippen molar-refractivity contribution in [2.24, 2.45) is 0 Å². The molecule has 1 aliphatic rings. The van der Waals surface area contributed by atoms with Crippen LogP contribution in [0.1, 0.15) is 17.0 Å². The summed E-state index contributed by atoms with van der Waals surface area (Å²) in [7, 11) is 1.66. The Balaban J connectivity index is 1.68. The van der Waals surface area contributed by atoms with Crippen LogP contribution in [0.5, 0.6) is 5.75 Å². The Morgan fingerprint density at radius 3 is 2.89 bits per heavy atom. The van der Waals surface area contributed by atoms with E-state index in [0.717, 1.165) is 29.4 Å². The van der Waals surface area contributed by atoms with Crippen molar-refractivity contribution in [1.29, 1.82) is 0 Å². The summed E-state index contributed by atoms with van der Waals surface area (Å²) in [5.74, 6) is 1.40. The van der Waals surface area contributed by atoms with Gasteiger partial charge in [-0.2, -0.15) is 0 Å². The zero-order valence-corrected chi connectivity index (χ0v) is 11.6. The number of nitrogens with one attached hydrogen (secondary N) is 1. The van der Waals surface area contributed by atoms with Crippen LogP contribution >= 0.6 is 11.6 Å². The molecule has 0 aliphatic heterocycles. The number of methoxy groups -OCH3 is 1. The molecule has 0 saturated heterocycles. The van der Waals surface area contributed by atoms with Crippen molar-refractivity contribution in [3.8, 4) is 5.75 Å². The fourth-order valence-electron chi connectivity index (χ4n) is 2.54. The number of benzene rings is 2. The van der Waals surface area contributed by atoms with E-state index in [4.69, 9.17) is 16.3 Å². The van der Waals surface area contributed by atoms with Gasteiger partial charge in [-0.05, 0) is 29.7 Å². The van der Waals surface area contributed by atoms with E-state index in [-0.39, 0.29) is 0 Å². The molecule has 0 heterocycles. The van der Waals surface area contributed by atoms with Gasteiger partial charge in [0.25, 0.3) is 0 Å². The number of halogens is 1. The number of ether oxygens (including phenoxy) is 1. The third kappa shape index (κ3) is 2.41. The standard InChI is InChI=1S/C16H16ClNO/c1-19-13-6-7-15(17)16(9-13)18-10-12-8-11-4-2-3-5-14(11)12/h2-7,9,12,18H,8,10H2,1H3. The maximum atomic E-state index is 6.18. The molecule has 0 bridgehead atoms. The largest absolute Gasteiger partial charge is 0.497 e. The van der Waals surface area contributed by atoms with Gasteiger partial charge >= 0.3 is 0 Å². The summed E-state index contributed by atoms with van der Waals surface area (Å²) in [4.78, 5) is 0. The molecule has 0 aromatic heterocycles. The van der Waals surface area contributed by atoms with Gasteiger partial charge in [-0.15, -0.1) is 0 Å². The van der Waals surface area contributed by atoms with Gasteiger partial charge < -0.3 is 10.1 Å². The third-order valence-electron chi connectivity index (χ3n) is 3.67. The molecule has 1 atom stereocenters. The Labute approximate surface area is 118 Å². The van der Waals surface area contributed by atoms with E-state index in [9.17, 15) is 0 Å². The van der Waals surface area contributed by atoms with Crippen molar-refractivity contribution >= 4 is 17.3 Å². The topological polar surface area (TPSA) is 21.3 Å². The summed E-state index contributed by atoms with van der Waals surface area (Å²) in [6.07, 6.45) is 1.14. The van der Waals surface area contributed by atoms with Gasteiger partial charge in [-0.3, -0.25) is 0 Å². The monoisotopic (exact) mass is 273 g/mol. The minimum absolute atomic E-state index is 0.582. The number of anilines is 1. The fourth-order valence-corrected chi connectivity index (χ4v) is 2.73. The lowest BCUT2D eigenvalue weighted by molar-refractivity contribution is 0.415. The Morgan fingerprint density at radius 2 is 2.11 bits per heavy atom. The first kappa shape index (κ1) is 12.4. The first-order valence-corrected chi connectivity index (χ1v) is 6.81. The summed E-state index contributed by atoms with van der Waals surface area (Å²) in [6.45, 7) is 0.907. The lowest BCUT2D eigenvalue weighted by Crippen LogP contribution is -2.24. The maximum absolute atomic E-state index is 6.18. The molecule has 2 aromatic carbocycles. The van der Waals surface area contributed by atoms with Crippen molar-refractivity contribution in [2.45, 2.75) is 12.3 Å². The average molecular weight is 274 g/mol. The normalized spacial score (nSPS) is 16.4. The molecule has 2 aromatic rings. The van der Waals surface area contributed by atoms with Gasteiger partial charge in [-0.25, -0.2) is 0 Å². The minimum atomic E-state index is 0.582. The molecule has 1 aliphatic carbocycles. The molecule has 3 rings (SSSR count). The van der Waals surface area contributed by atoms with Crippen molar-refractivity contribution < 1.29 is 4.74 Å². The van der Waals surface area contributed by atoms with Crippen LogP contribution in [0.2, 0.25) is 5.02 Å². The first-order valence-electron chi connectivity index (χ1n) is 6.43. The van der Waals surface area contributed by atoms with Crippen LogP contribution in [0.15, 0.2) is 42.5 Å². The zero-order chi connectivity index (χ0) is 13.2. The molecule has 1 N–H and O–H groups in total. The highest BCUT2D eigenvalue weighted by Crippen LogP contribution is 2.35. The van der Waals surface area contributed by atoms with Crippen LogP contribution in [0, 0.1) is 0 Å². The van der Waals surface area contributed by atoms with Crippen LogP contribution in [-0.4, -0.2) is 13.7 Å². The second-order valence-electron chi connectivity index (χ2n) is 4.83. The highest BCUT2D eigenvalue weighted by molar-refractivity contribution is 6.33. The molecule has 98 valence electrons. The Bertz CT molecular complexity index is 597. The van der Waals surface area contributed by atoms with Gasteiger partial charge in [0.05, 0.1) is 17.8 Å². The Kier molecular flexibility index (Phi) is 3.34. The number of rotatable bonds is 4. The van der Waals surface area contributed by atoms with E-state index in [0.29, 0.717) is 5.92 Å². The average Bonchev–Trinajstić information content (AvgIpc) is 2.42. The molecular weight excluding hydrogens is 258 g/mol. The molecule has 0 fully saturated rings. The van der Waals surface area contributed by atoms with Crippen LogP contribution in [0.4, 0.5) is 5.69 Å². The van der Waals surface area contributed by atoms with Crippen molar-refractivity contribution in [2.75, 3.05) is 19.0 Å². The van der Waals surface area contributed by atoms with Crippen LogP contribution in [-0.2, 0) is 6.42 Å². The summed E-state index contributed by atoms with van der Waals surface area (Å²) < 4.78 is 5.21. The SMILES string of the molecule is COc1ccc(Cl)c(NCC2Cc3ccccc32)c1. The number of fused-ring (bicyclic) bond motifs is 1. The highest BCUT2D eigenvalue weighted by Gasteiger charge is 2.24. The smallest absolute Gasteiger partial charge is 0.121 e. The maximum Gasteiger partial charge on any atom is 0.121 e. The predicted octanol–water partition coefficient (Wildman–Crippen LogP) is 4.10. The lowest BCUT2D eigenvalue weighted by Gasteiger charge is -2.30. The Morgan fingerprint density at radius 1 is 1.26 bits per heavy atom. The molecule has 2 nitrogen and oxygen atoms in total. The number of hydrogen-bond donors (Lipinski definition) is 1. The predicted molar refractivity (Wildman–Crippen MR) is 79.4 cm³/mol.